The Morgan fingerprint density at radius 3 is 2.00 bits per heavy atom. The summed E-state index contributed by atoms with van der Waals surface area (Å²) in [6.45, 7) is 1.90. The molecule has 104 valence electrons. The Morgan fingerprint density at radius 2 is 1.43 bits per heavy atom. The third-order valence-electron chi connectivity index (χ3n) is 4.40. The second-order valence-electron chi connectivity index (χ2n) is 5.68. The van der Waals surface area contributed by atoms with Gasteiger partial charge in [0.15, 0.2) is 0 Å². The Labute approximate surface area is 125 Å². The van der Waals surface area contributed by atoms with Crippen LogP contribution in [-0.2, 0) is 5.54 Å². The molecule has 0 unspecified atom stereocenters. The van der Waals surface area contributed by atoms with Crippen LogP contribution in [0.15, 0.2) is 77.8 Å². The van der Waals surface area contributed by atoms with E-state index in [0.717, 1.165) is 19.5 Å². The number of hydrogen-bond donors (Lipinski definition) is 0. The summed E-state index contributed by atoms with van der Waals surface area (Å²) in [5.74, 6) is 1.21. The fourth-order valence-corrected chi connectivity index (χ4v) is 3.34. The molecule has 0 fully saturated rings. The molecule has 2 aliphatic heterocycles. The molecule has 0 atom stereocenters. The molecule has 2 heterocycles. The quantitative estimate of drug-likeness (QED) is 0.764. The van der Waals surface area contributed by atoms with E-state index in [1.54, 1.807) is 0 Å². The maximum atomic E-state index is 5.17. The number of benzene rings is 2. The van der Waals surface area contributed by atoms with E-state index in [9.17, 15) is 0 Å². The highest BCUT2D eigenvalue weighted by Gasteiger charge is 2.41. The van der Waals surface area contributed by atoms with Crippen molar-refractivity contribution in [2.45, 2.75) is 12.0 Å². The summed E-state index contributed by atoms with van der Waals surface area (Å²) >= 11 is 0. The fraction of sp³-hybridized carbons (Fsp3) is 0.211. The van der Waals surface area contributed by atoms with Crippen molar-refractivity contribution in [1.29, 1.82) is 0 Å². The molecule has 0 saturated heterocycles. The van der Waals surface area contributed by atoms with Crippen molar-refractivity contribution in [3.05, 3.63) is 83.9 Å². The van der Waals surface area contributed by atoms with Crippen molar-refractivity contribution in [1.82, 2.24) is 4.90 Å². The summed E-state index contributed by atoms with van der Waals surface area (Å²) in [5.41, 5.74) is 2.29. The third-order valence-corrected chi connectivity index (χ3v) is 4.40. The molecule has 0 N–H and O–H groups in total. The first kappa shape index (κ1) is 12.4. The van der Waals surface area contributed by atoms with Crippen LogP contribution in [0.4, 0.5) is 0 Å². The van der Waals surface area contributed by atoms with Gasteiger partial charge in [-0.05, 0) is 11.1 Å². The Morgan fingerprint density at radius 1 is 0.810 bits per heavy atom. The van der Waals surface area contributed by atoms with E-state index in [0.29, 0.717) is 0 Å². The summed E-state index contributed by atoms with van der Waals surface area (Å²) in [7, 11) is 0. The van der Waals surface area contributed by atoms with E-state index in [1.165, 1.54) is 17.0 Å². The Hall–Kier alpha value is -2.35. The minimum absolute atomic E-state index is 0.260. The van der Waals surface area contributed by atoms with Gasteiger partial charge >= 0.3 is 0 Å². The molecule has 0 amide bonds. The first-order valence-corrected chi connectivity index (χ1v) is 7.48. The standard InChI is InChI=1S/C19H18N2/c1-3-9-16(10-4-1)19(17-11-5-2-6-12-17)15-21-14-8-7-13-18(21)20-19/h1-12H,13-15H2. The van der Waals surface area contributed by atoms with Crippen LogP contribution >= 0.6 is 0 Å². The van der Waals surface area contributed by atoms with Gasteiger partial charge in [-0.1, -0.05) is 72.8 Å². The highest BCUT2D eigenvalue weighted by molar-refractivity contribution is 5.87. The average molecular weight is 274 g/mol. The zero-order valence-corrected chi connectivity index (χ0v) is 11.9. The van der Waals surface area contributed by atoms with Crippen LogP contribution in [0.1, 0.15) is 17.5 Å². The molecule has 0 saturated carbocycles. The van der Waals surface area contributed by atoms with Crippen LogP contribution in [-0.4, -0.2) is 23.8 Å². The van der Waals surface area contributed by atoms with Crippen molar-refractivity contribution in [2.75, 3.05) is 13.1 Å². The molecule has 0 aliphatic carbocycles. The van der Waals surface area contributed by atoms with Crippen molar-refractivity contribution in [2.24, 2.45) is 4.99 Å². The SMILES string of the molecule is C1=CCN2CC(c3ccccc3)(c3ccccc3)N=C2C1. The lowest BCUT2D eigenvalue weighted by Gasteiger charge is -2.29. The van der Waals surface area contributed by atoms with Crippen LogP contribution in [0.5, 0.6) is 0 Å². The zero-order valence-electron chi connectivity index (χ0n) is 11.9. The van der Waals surface area contributed by atoms with Crippen molar-refractivity contribution in [3.8, 4) is 0 Å². The van der Waals surface area contributed by atoms with Crippen LogP contribution in [0, 0.1) is 0 Å². The number of fused-ring (bicyclic) bond motifs is 1. The monoisotopic (exact) mass is 274 g/mol. The Kier molecular flexibility index (Phi) is 2.88. The van der Waals surface area contributed by atoms with Crippen LogP contribution in [0.3, 0.4) is 0 Å². The summed E-state index contributed by atoms with van der Waals surface area (Å²) in [5, 5.41) is 0. The molecule has 0 aromatic heterocycles. The predicted octanol–water partition coefficient (Wildman–Crippen LogP) is 3.60. The molecule has 0 spiro atoms. The zero-order chi connectivity index (χ0) is 14.1. The van der Waals surface area contributed by atoms with Crippen molar-refractivity contribution >= 4 is 5.84 Å². The largest absolute Gasteiger partial charge is 0.353 e. The minimum Gasteiger partial charge on any atom is -0.353 e. The summed E-state index contributed by atoms with van der Waals surface area (Å²) in [6, 6.07) is 21.4. The predicted molar refractivity (Wildman–Crippen MR) is 86.4 cm³/mol. The Bertz CT molecular complexity index is 647. The molecule has 2 nitrogen and oxygen atoms in total. The lowest BCUT2D eigenvalue weighted by molar-refractivity contribution is 0.402. The van der Waals surface area contributed by atoms with E-state index in [2.05, 4.69) is 77.7 Å². The fourth-order valence-electron chi connectivity index (χ4n) is 3.34. The molecule has 0 radical (unpaired) electrons. The molecular formula is C19H18N2. The topological polar surface area (TPSA) is 15.6 Å². The Balaban J connectivity index is 1.88. The van der Waals surface area contributed by atoms with Crippen molar-refractivity contribution in [3.63, 3.8) is 0 Å². The number of amidine groups is 1. The molecule has 21 heavy (non-hydrogen) atoms. The molecule has 2 aromatic rings. The maximum Gasteiger partial charge on any atom is 0.130 e. The molecular weight excluding hydrogens is 256 g/mol. The lowest BCUT2D eigenvalue weighted by atomic mass is 9.83. The van der Waals surface area contributed by atoms with Gasteiger partial charge in [-0.3, -0.25) is 4.99 Å². The smallest absolute Gasteiger partial charge is 0.130 e. The van der Waals surface area contributed by atoms with Gasteiger partial charge in [0.05, 0.1) is 6.54 Å². The first-order chi connectivity index (χ1) is 10.4. The van der Waals surface area contributed by atoms with Gasteiger partial charge in [-0.25, -0.2) is 0 Å². The van der Waals surface area contributed by atoms with Gasteiger partial charge < -0.3 is 4.90 Å². The molecule has 2 heteroatoms. The van der Waals surface area contributed by atoms with E-state index in [4.69, 9.17) is 4.99 Å². The van der Waals surface area contributed by atoms with Gasteiger partial charge in [0.25, 0.3) is 0 Å². The summed E-state index contributed by atoms with van der Waals surface area (Å²) in [6.07, 6.45) is 5.41. The van der Waals surface area contributed by atoms with E-state index in [1.807, 2.05) is 0 Å². The van der Waals surface area contributed by atoms with E-state index in [-0.39, 0.29) is 5.54 Å². The summed E-state index contributed by atoms with van der Waals surface area (Å²) in [4.78, 5) is 7.58. The average Bonchev–Trinajstić information content (AvgIpc) is 2.97. The van der Waals surface area contributed by atoms with Crippen LogP contribution < -0.4 is 0 Å². The van der Waals surface area contributed by atoms with Gasteiger partial charge in [-0.2, -0.15) is 0 Å². The number of hydrogen-bond acceptors (Lipinski definition) is 2. The van der Waals surface area contributed by atoms with E-state index >= 15 is 0 Å². The second-order valence-corrected chi connectivity index (χ2v) is 5.68. The highest BCUT2D eigenvalue weighted by atomic mass is 15.3. The normalized spacial score (nSPS) is 19.2. The third kappa shape index (κ3) is 1.99. The van der Waals surface area contributed by atoms with Gasteiger partial charge in [0.2, 0.25) is 0 Å². The molecule has 2 aromatic carbocycles. The second kappa shape index (κ2) is 4.88. The van der Waals surface area contributed by atoms with Crippen LogP contribution in [0.2, 0.25) is 0 Å². The summed E-state index contributed by atoms with van der Waals surface area (Å²) < 4.78 is 0. The molecule has 4 rings (SSSR count). The highest BCUT2D eigenvalue weighted by Crippen LogP contribution is 2.39. The lowest BCUT2D eigenvalue weighted by Crippen LogP contribution is -2.36. The number of rotatable bonds is 2. The van der Waals surface area contributed by atoms with Crippen LogP contribution in [0.25, 0.3) is 0 Å². The number of nitrogens with zero attached hydrogens (tertiary/aromatic N) is 2. The molecule has 2 aliphatic rings. The molecule has 0 bridgehead atoms. The van der Waals surface area contributed by atoms with Gasteiger partial charge in [0, 0.05) is 13.0 Å². The number of aliphatic imine (C=N–C) groups is 1. The van der Waals surface area contributed by atoms with Gasteiger partial charge in [0.1, 0.15) is 11.4 Å². The maximum absolute atomic E-state index is 5.17. The first-order valence-electron chi connectivity index (χ1n) is 7.48. The minimum atomic E-state index is -0.260. The van der Waals surface area contributed by atoms with E-state index < -0.39 is 0 Å². The van der Waals surface area contributed by atoms with Gasteiger partial charge in [-0.15, -0.1) is 0 Å². The van der Waals surface area contributed by atoms with Crippen molar-refractivity contribution < 1.29 is 0 Å².